The molecule has 1 saturated heterocycles. The quantitative estimate of drug-likeness (QED) is 0.460. The van der Waals surface area contributed by atoms with Crippen molar-refractivity contribution in [3.63, 3.8) is 0 Å². The molecule has 3 heteroatoms. The van der Waals surface area contributed by atoms with Crippen molar-refractivity contribution in [2.24, 2.45) is 11.8 Å². The van der Waals surface area contributed by atoms with Crippen LogP contribution < -0.4 is 0 Å². The number of rotatable bonds is 9. The van der Waals surface area contributed by atoms with Crippen molar-refractivity contribution in [3.05, 3.63) is 12.2 Å². The maximum atomic E-state index is 10.8. The van der Waals surface area contributed by atoms with Crippen LogP contribution >= 0.6 is 0 Å². The van der Waals surface area contributed by atoms with Gasteiger partial charge in [-0.1, -0.05) is 44.8 Å². The molecule has 0 aromatic carbocycles. The van der Waals surface area contributed by atoms with E-state index in [-0.39, 0.29) is 12.5 Å². The third-order valence-corrected chi connectivity index (χ3v) is 5.53. The molecule has 0 aromatic heterocycles. The molecule has 2 fully saturated rings. The lowest BCUT2D eigenvalue weighted by atomic mass is 9.89. The molecule has 3 nitrogen and oxygen atoms in total. The van der Waals surface area contributed by atoms with E-state index < -0.39 is 5.97 Å². The summed E-state index contributed by atoms with van der Waals surface area (Å²) in [6.45, 7) is 2.25. The van der Waals surface area contributed by atoms with Crippen LogP contribution in [0.15, 0.2) is 12.2 Å². The average molecular weight is 322 g/mol. The number of allylic oxidation sites excluding steroid dienone is 2. The van der Waals surface area contributed by atoms with Gasteiger partial charge < -0.3 is 9.84 Å². The average Bonchev–Trinajstić information content (AvgIpc) is 2.78. The van der Waals surface area contributed by atoms with Gasteiger partial charge in [0.2, 0.25) is 0 Å². The standard InChI is InChI=1S/C20H34O3/c1-2-3-4-5-6-7-9-16-12-14-19-18(16)11-8-10-17(23-19)13-15-20(21)22/h7,9,16-19H,2-6,8,10-15H2,1H3,(H,21,22)/t16-,17?,18+,19-/m0/s1. The number of carboxylic acid groups (broad SMARTS) is 1. The molecule has 23 heavy (non-hydrogen) atoms. The minimum absolute atomic E-state index is 0.165. The summed E-state index contributed by atoms with van der Waals surface area (Å²) in [4.78, 5) is 10.8. The molecule has 1 heterocycles. The van der Waals surface area contributed by atoms with Crippen LogP contribution in [-0.4, -0.2) is 23.3 Å². The lowest BCUT2D eigenvalue weighted by molar-refractivity contribution is -0.138. The molecule has 1 aliphatic heterocycles. The third kappa shape index (κ3) is 6.29. The van der Waals surface area contributed by atoms with E-state index in [0.717, 1.165) is 12.8 Å². The van der Waals surface area contributed by atoms with Gasteiger partial charge in [-0.2, -0.15) is 0 Å². The Labute approximate surface area is 141 Å². The predicted octanol–water partition coefficient (Wildman–Crippen LogP) is 5.34. The topological polar surface area (TPSA) is 46.5 Å². The van der Waals surface area contributed by atoms with Crippen molar-refractivity contribution in [2.45, 2.75) is 96.2 Å². The van der Waals surface area contributed by atoms with Gasteiger partial charge >= 0.3 is 5.97 Å². The molecule has 0 aromatic rings. The van der Waals surface area contributed by atoms with E-state index in [0.29, 0.717) is 24.4 Å². The van der Waals surface area contributed by atoms with Gasteiger partial charge in [0, 0.05) is 6.42 Å². The van der Waals surface area contributed by atoms with E-state index in [2.05, 4.69) is 19.1 Å². The molecule has 0 bridgehead atoms. The zero-order valence-electron chi connectivity index (χ0n) is 14.7. The first-order valence-electron chi connectivity index (χ1n) is 9.74. The summed E-state index contributed by atoms with van der Waals surface area (Å²) in [5.41, 5.74) is 0. The molecule has 1 saturated carbocycles. The summed E-state index contributed by atoms with van der Waals surface area (Å²) in [5, 5.41) is 8.85. The van der Waals surface area contributed by atoms with E-state index >= 15 is 0 Å². The first-order chi connectivity index (χ1) is 11.2. The van der Waals surface area contributed by atoms with Crippen LogP contribution in [0.4, 0.5) is 0 Å². The zero-order valence-corrected chi connectivity index (χ0v) is 14.7. The SMILES string of the molecule is CCCCCCC=C[C@H]1CC[C@@H]2OC(CCC(=O)O)CCC[C@@H]21. The highest BCUT2D eigenvalue weighted by Crippen LogP contribution is 2.41. The zero-order chi connectivity index (χ0) is 16.5. The fourth-order valence-corrected chi connectivity index (χ4v) is 4.22. The molecular formula is C20H34O3. The van der Waals surface area contributed by atoms with Gasteiger partial charge in [-0.05, 0) is 56.8 Å². The molecule has 0 spiro atoms. The summed E-state index contributed by atoms with van der Waals surface area (Å²) in [6.07, 6.45) is 18.7. The highest BCUT2D eigenvalue weighted by atomic mass is 16.5. The fourth-order valence-electron chi connectivity index (χ4n) is 4.22. The Kier molecular flexibility index (Phi) is 8.14. The van der Waals surface area contributed by atoms with E-state index in [1.165, 1.54) is 51.4 Å². The van der Waals surface area contributed by atoms with Crippen LogP contribution in [0.1, 0.15) is 84.0 Å². The van der Waals surface area contributed by atoms with Gasteiger partial charge in [0.05, 0.1) is 12.2 Å². The number of ether oxygens (including phenoxy) is 1. The first-order valence-corrected chi connectivity index (χ1v) is 9.74. The number of aliphatic carboxylic acids is 1. The van der Waals surface area contributed by atoms with Crippen molar-refractivity contribution in [1.29, 1.82) is 0 Å². The maximum absolute atomic E-state index is 10.8. The molecule has 0 radical (unpaired) electrons. The Morgan fingerprint density at radius 3 is 2.83 bits per heavy atom. The summed E-state index contributed by atoms with van der Waals surface area (Å²) in [5.74, 6) is 0.644. The van der Waals surface area contributed by atoms with Crippen LogP contribution in [-0.2, 0) is 9.53 Å². The second-order valence-corrected chi connectivity index (χ2v) is 7.34. The fraction of sp³-hybridized carbons (Fsp3) is 0.850. The van der Waals surface area contributed by atoms with Crippen molar-refractivity contribution in [2.75, 3.05) is 0 Å². The summed E-state index contributed by atoms with van der Waals surface area (Å²) in [7, 11) is 0. The highest BCUT2D eigenvalue weighted by Gasteiger charge is 2.38. The van der Waals surface area contributed by atoms with Crippen molar-refractivity contribution in [1.82, 2.24) is 0 Å². The lowest BCUT2D eigenvalue weighted by Gasteiger charge is -2.23. The largest absolute Gasteiger partial charge is 0.481 e. The van der Waals surface area contributed by atoms with Gasteiger partial charge in [0.25, 0.3) is 0 Å². The number of unbranched alkanes of at least 4 members (excludes halogenated alkanes) is 4. The van der Waals surface area contributed by atoms with Crippen molar-refractivity contribution in [3.8, 4) is 0 Å². The Morgan fingerprint density at radius 1 is 1.17 bits per heavy atom. The number of hydrogen-bond donors (Lipinski definition) is 1. The van der Waals surface area contributed by atoms with Crippen LogP contribution in [0.25, 0.3) is 0 Å². The van der Waals surface area contributed by atoms with Crippen LogP contribution in [0, 0.1) is 11.8 Å². The molecule has 132 valence electrons. The second-order valence-electron chi connectivity index (χ2n) is 7.34. The van der Waals surface area contributed by atoms with E-state index in [4.69, 9.17) is 9.84 Å². The minimum Gasteiger partial charge on any atom is -0.481 e. The van der Waals surface area contributed by atoms with Gasteiger partial charge in [0.15, 0.2) is 0 Å². The number of carbonyl (C=O) groups is 1. The summed E-state index contributed by atoms with van der Waals surface area (Å²) in [6, 6.07) is 0. The van der Waals surface area contributed by atoms with Gasteiger partial charge in [-0.15, -0.1) is 0 Å². The van der Waals surface area contributed by atoms with Crippen LogP contribution in [0.3, 0.4) is 0 Å². The van der Waals surface area contributed by atoms with Crippen molar-refractivity contribution < 1.29 is 14.6 Å². The predicted molar refractivity (Wildman–Crippen MR) is 93.5 cm³/mol. The summed E-state index contributed by atoms with van der Waals surface area (Å²) >= 11 is 0. The lowest BCUT2D eigenvalue weighted by Crippen LogP contribution is -2.24. The van der Waals surface area contributed by atoms with Gasteiger partial charge in [-0.3, -0.25) is 4.79 Å². The molecule has 1 unspecified atom stereocenters. The first kappa shape index (κ1) is 18.5. The van der Waals surface area contributed by atoms with E-state index in [9.17, 15) is 4.79 Å². The normalized spacial score (nSPS) is 31.2. The Balaban J connectivity index is 1.75. The molecule has 2 rings (SSSR count). The molecular weight excluding hydrogens is 288 g/mol. The molecule has 2 aliphatic rings. The number of hydrogen-bond acceptors (Lipinski definition) is 2. The van der Waals surface area contributed by atoms with E-state index in [1.54, 1.807) is 0 Å². The van der Waals surface area contributed by atoms with Crippen LogP contribution in [0.5, 0.6) is 0 Å². The molecule has 0 amide bonds. The van der Waals surface area contributed by atoms with Crippen LogP contribution in [0.2, 0.25) is 0 Å². The van der Waals surface area contributed by atoms with Crippen molar-refractivity contribution >= 4 is 5.97 Å². The Hall–Kier alpha value is -0.830. The van der Waals surface area contributed by atoms with Gasteiger partial charge in [0.1, 0.15) is 0 Å². The summed E-state index contributed by atoms with van der Waals surface area (Å²) < 4.78 is 6.28. The Morgan fingerprint density at radius 2 is 2.04 bits per heavy atom. The third-order valence-electron chi connectivity index (χ3n) is 5.53. The molecule has 1 N–H and O–H groups in total. The Bertz CT molecular complexity index is 377. The number of carboxylic acids is 1. The molecule has 4 atom stereocenters. The van der Waals surface area contributed by atoms with Gasteiger partial charge in [-0.25, -0.2) is 0 Å². The monoisotopic (exact) mass is 322 g/mol. The number of fused-ring (bicyclic) bond motifs is 1. The maximum Gasteiger partial charge on any atom is 0.303 e. The smallest absolute Gasteiger partial charge is 0.303 e. The highest BCUT2D eigenvalue weighted by molar-refractivity contribution is 5.66. The minimum atomic E-state index is -0.704. The second kappa shape index (κ2) is 10.1. The molecule has 1 aliphatic carbocycles. The van der Waals surface area contributed by atoms with E-state index in [1.807, 2.05) is 0 Å².